The van der Waals surface area contributed by atoms with Gasteiger partial charge in [-0.25, -0.2) is 5.48 Å². The maximum absolute atomic E-state index is 13.2. The zero-order chi connectivity index (χ0) is 18.3. The van der Waals surface area contributed by atoms with Crippen molar-refractivity contribution in [3.63, 3.8) is 0 Å². The lowest BCUT2D eigenvalue weighted by molar-refractivity contribution is -0.126. The maximum Gasteiger partial charge on any atom is 0.274 e. The van der Waals surface area contributed by atoms with Crippen molar-refractivity contribution in [3.05, 3.63) is 58.9 Å². The summed E-state index contributed by atoms with van der Waals surface area (Å²) in [6.07, 6.45) is 4.82. The average molecular weight is 351 g/mol. The molecule has 1 aliphatic carbocycles. The summed E-state index contributed by atoms with van der Waals surface area (Å²) in [7, 11) is 0. The molecule has 0 radical (unpaired) electrons. The number of hydrogen-bond donors (Lipinski definition) is 2. The van der Waals surface area contributed by atoms with Crippen molar-refractivity contribution >= 4 is 17.5 Å². The SMILES string of the molecule is Cc1ccc(N2CCC3(CCc4cc(C(=O)NO)ccc4C3)C2=O)cn1. The number of benzene rings is 1. The largest absolute Gasteiger partial charge is 0.310 e. The number of aromatic nitrogens is 1. The van der Waals surface area contributed by atoms with E-state index in [-0.39, 0.29) is 11.3 Å². The Labute approximate surface area is 151 Å². The number of anilines is 1. The van der Waals surface area contributed by atoms with Crippen LogP contribution in [0.1, 0.15) is 40.0 Å². The fraction of sp³-hybridized carbons (Fsp3) is 0.350. The summed E-state index contributed by atoms with van der Waals surface area (Å²) < 4.78 is 0. The molecule has 0 saturated carbocycles. The molecule has 2 heterocycles. The lowest BCUT2D eigenvalue weighted by Gasteiger charge is -2.33. The maximum atomic E-state index is 13.2. The lowest BCUT2D eigenvalue weighted by Crippen LogP contribution is -2.38. The highest BCUT2D eigenvalue weighted by Gasteiger charge is 2.48. The van der Waals surface area contributed by atoms with E-state index in [2.05, 4.69) is 4.98 Å². The second-order valence-electron chi connectivity index (χ2n) is 7.25. The van der Waals surface area contributed by atoms with Gasteiger partial charge in [0.25, 0.3) is 5.91 Å². The molecule has 1 unspecified atom stereocenters. The van der Waals surface area contributed by atoms with E-state index in [9.17, 15) is 9.59 Å². The van der Waals surface area contributed by atoms with Gasteiger partial charge in [-0.2, -0.15) is 0 Å². The van der Waals surface area contributed by atoms with Crippen LogP contribution in [0.2, 0.25) is 0 Å². The third-order valence-corrected chi connectivity index (χ3v) is 5.69. The van der Waals surface area contributed by atoms with Gasteiger partial charge < -0.3 is 4.90 Å². The molecule has 4 rings (SSSR count). The molecule has 2 amide bonds. The van der Waals surface area contributed by atoms with Gasteiger partial charge in [0, 0.05) is 17.8 Å². The minimum absolute atomic E-state index is 0.172. The Hall–Kier alpha value is -2.73. The zero-order valence-electron chi connectivity index (χ0n) is 14.7. The molecule has 1 aliphatic heterocycles. The number of hydrogen-bond acceptors (Lipinski definition) is 4. The Morgan fingerprint density at radius 3 is 2.81 bits per heavy atom. The molecule has 2 aliphatic rings. The Morgan fingerprint density at radius 2 is 2.08 bits per heavy atom. The smallest absolute Gasteiger partial charge is 0.274 e. The quantitative estimate of drug-likeness (QED) is 0.643. The van der Waals surface area contributed by atoms with E-state index in [1.165, 1.54) is 0 Å². The van der Waals surface area contributed by atoms with Crippen molar-refractivity contribution in [2.45, 2.75) is 32.6 Å². The molecule has 6 heteroatoms. The van der Waals surface area contributed by atoms with Gasteiger partial charge >= 0.3 is 0 Å². The molecule has 1 atom stereocenters. The minimum atomic E-state index is -0.511. The average Bonchev–Trinajstić information content (AvgIpc) is 2.97. The number of aryl methyl sites for hydroxylation is 2. The van der Waals surface area contributed by atoms with E-state index in [4.69, 9.17) is 5.21 Å². The predicted molar refractivity (Wildman–Crippen MR) is 96.1 cm³/mol. The molecular formula is C20H21N3O3. The van der Waals surface area contributed by atoms with Crippen molar-refractivity contribution in [1.82, 2.24) is 10.5 Å². The minimum Gasteiger partial charge on any atom is -0.310 e. The van der Waals surface area contributed by atoms with Crippen molar-refractivity contribution in [1.29, 1.82) is 0 Å². The van der Waals surface area contributed by atoms with Crippen LogP contribution in [0.4, 0.5) is 5.69 Å². The van der Waals surface area contributed by atoms with Gasteiger partial charge in [-0.3, -0.25) is 19.8 Å². The highest BCUT2D eigenvalue weighted by atomic mass is 16.5. The van der Waals surface area contributed by atoms with Gasteiger partial charge in [-0.15, -0.1) is 0 Å². The van der Waals surface area contributed by atoms with E-state index in [1.807, 2.05) is 36.1 Å². The van der Waals surface area contributed by atoms with Gasteiger partial charge in [0.15, 0.2) is 0 Å². The molecule has 1 aromatic heterocycles. The van der Waals surface area contributed by atoms with Crippen molar-refractivity contribution in [2.75, 3.05) is 11.4 Å². The molecular weight excluding hydrogens is 330 g/mol. The van der Waals surface area contributed by atoms with Crippen LogP contribution >= 0.6 is 0 Å². The molecule has 26 heavy (non-hydrogen) atoms. The Morgan fingerprint density at radius 1 is 1.23 bits per heavy atom. The van der Waals surface area contributed by atoms with Crippen LogP contribution in [0.3, 0.4) is 0 Å². The van der Waals surface area contributed by atoms with Crippen LogP contribution in [0.25, 0.3) is 0 Å². The van der Waals surface area contributed by atoms with Crippen molar-refractivity contribution < 1.29 is 14.8 Å². The number of pyridine rings is 1. The molecule has 1 saturated heterocycles. The Kier molecular flexibility index (Phi) is 4.00. The molecule has 1 spiro atoms. The van der Waals surface area contributed by atoms with Crippen LogP contribution in [0, 0.1) is 12.3 Å². The monoisotopic (exact) mass is 351 g/mol. The number of rotatable bonds is 2. The van der Waals surface area contributed by atoms with Gasteiger partial charge in [0.05, 0.1) is 17.3 Å². The summed E-state index contributed by atoms with van der Waals surface area (Å²) in [4.78, 5) is 31.0. The molecule has 1 aromatic carbocycles. The first-order valence-corrected chi connectivity index (χ1v) is 8.83. The lowest BCUT2D eigenvalue weighted by atomic mass is 9.70. The van der Waals surface area contributed by atoms with E-state index >= 15 is 0 Å². The molecule has 2 N–H and O–H groups in total. The topological polar surface area (TPSA) is 82.5 Å². The third-order valence-electron chi connectivity index (χ3n) is 5.69. The molecule has 6 nitrogen and oxygen atoms in total. The summed E-state index contributed by atoms with van der Waals surface area (Å²) in [5.74, 6) is -0.339. The zero-order valence-corrected chi connectivity index (χ0v) is 14.7. The van der Waals surface area contributed by atoms with Crippen LogP contribution in [0.15, 0.2) is 36.5 Å². The van der Waals surface area contributed by atoms with Gasteiger partial charge in [0.1, 0.15) is 0 Å². The summed E-state index contributed by atoms with van der Waals surface area (Å²) in [6.45, 7) is 2.64. The molecule has 134 valence electrons. The number of nitrogens with one attached hydrogen (secondary N) is 1. The highest BCUT2D eigenvalue weighted by Crippen LogP contribution is 2.45. The number of carbonyl (C=O) groups is 2. The normalized spacial score (nSPS) is 21.8. The van der Waals surface area contributed by atoms with E-state index in [1.54, 1.807) is 17.7 Å². The summed E-state index contributed by atoms with van der Waals surface area (Å²) >= 11 is 0. The fourth-order valence-corrected chi connectivity index (χ4v) is 4.15. The van der Waals surface area contributed by atoms with Crippen LogP contribution < -0.4 is 10.4 Å². The number of amides is 2. The van der Waals surface area contributed by atoms with Gasteiger partial charge in [-0.05, 0) is 68.0 Å². The van der Waals surface area contributed by atoms with Crippen LogP contribution in [-0.4, -0.2) is 28.6 Å². The number of hydroxylamine groups is 1. The first-order chi connectivity index (χ1) is 12.5. The van der Waals surface area contributed by atoms with Crippen molar-refractivity contribution in [2.24, 2.45) is 5.41 Å². The van der Waals surface area contributed by atoms with Gasteiger partial charge in [0.2, 0.25) is 5.91 Å². The molecule has 0 bridgehead atoms. The highest BCUT2D eigenvalue weighted by molar-refractivity contribution is 6.00. The molecule has 1 fully saturated rings. The van der Waals surface area contributed by atoms with Crippen LogP contribution in [-0.2, 0) is 17.6 Å². The number of carbonyl (C=O) groups excluding carboxylic acids is 2. The Balaban J connectivity index is 1.59. The first kappa shape index (κ1) is 16.7. The molecule has 2 aromatic rings. The van der Waals surface area contributed by atoms with Crippen LogP contribution in [0.5, 0.6) is 0 Å². The number of nitrogens with zero attached hydrogens (tertiary/aromatic N) is 2. The second kappa shape index (κ2) is 6.21. The van der Waals surface area contributed by atoms with Gasteiger partial charge in [-0.1, -0.05) is 6.07 Å². The van der Waals surface area contributed by atoms with E-state index in [0.29, 0.717) is 18.5 Å². The van der Waals surface area contributed by atoms with Crippen molar-refractivity contribution in [3.8, 4) is 0 Å². The second-order valence-corrected chi connectivity index (χ2v) is 7.25. The third kappa shape index (κ3) is 2.66. The Bertz CT molecular complexity index is 878. The first-order valence-electron chi connectivity index (χ1n) is 8.83. The predicted octanol–water partition coefficient (Wildman–Crippen LogP) is 2.42. The fourth-order valence-electron chi connectivity index (χ4n) is 4.15. The van der Waals surface area contributed by atoms with E-state index < -0.39 is 5.91 Å². The number of fused-ring (bicyclic) bond motifs is 1. The summed E-state index contributed by atoms with van der Waals surface area (Å²) in [5.41, 5.74) is 5.73. The summed E-state index contributed by atoms with van der Waals surface area (Å²) in [6, 6.07) is 9.30. The summed E-state index contributed by atoms with van der Waals surface area (Å²) in [5, 5.41) is 8.79. The van der Waals surface area contributed by atoms with E-state index in [0.717, 1.165) is 41.8 Å². The standard InChI is InChI=1S/C20H21N3O3/c1-13-2-5-17(12-21-13)23-9-8-20(19(23)25)7-6-14-10-15(18(24)22-26)3-4-16(14)11-20/h2-5,10,12,26H,6-9,11H2,1H3,(H,22,24).